The van der Waals surface area contributed by atoms with Crippen LogP contribution in [0.4, 0.5) is 17.2 Å². The molecule has 0 fully saturated rings. The molecule has 12 heteroatoms. The third kappa shape index (κ3) is 5.59. The lowest BCUT2D eigenvalue weighted by atomic mass is 10.3. The molecule has 3 N–H and O–H groups in total. The average Bonchev–Trinajstić information content (AvgIpc) is 2.70. The van der Waals surface area contributed by atoms with Crippen LogP contribution in [0.2, 0.25) is 0 Å². The second kappa shape index (κ2) is 8.57. The van der Waals surface area contributed by atoms with Crippen LogP contribution in [0.25, 0.3) is 0 Å². The number of nitrogens with one attached hydrogen (secondary N) is 2. The number of rotatable bonds is 8. The number of methoxy groups -OCH3 is 1. The molecule has 2 aromatic carbocycles. The maximum absolute atomic E-state index is 12.7. The van der Waals surface area contributed by atoms with Crippen LogP contribution >= 0.6 is 0 Å². The molecular formula is C18H17N3O7S2. The highest BCUT2D eigenvalue weighted by atomic mass is 32.3. The summed E-state index contributed by atoms with van der Waals surface area (Å²) in [6.07, 6.45) is 1.48. The smallest absolute Gasteiger partial charge is 0.446 e. The van der Waals surface area contributed by atoms with Crippen LogP contribution in [0.3, 0.4) is 0 Å². The van der Waals surface area contributed by atoms with E-state index >= 15 is 0 Å². The van der Waals surface area contributed by atoms with Gasteiger partial charge in [-0.15, -0.1) is 0 Å². The third-order valence-corrected chi connectivity index (χ3v) is 5.52. The third-order valence-electron chi connectivity index (χ3n) is 3.74. The molecular weight excluding hydrogens is 434 g/mol. The second-order valence-electron chi connectivity index (χ2n) is 5.84. The van der Waals surface area contributed by atoms with Crippen molar-refractivity contribution in [3.8, 4) is 11.5 Å². The lowest BCUT2D eigenvalue weighted by Gasteiger charge is -2.13. The van der Waals surface area contributed by atoms with Crippen LogP contribution in [-0.4, -0.2) is 33.5 Å². The zero-order valence-electron chi connectivity index (χ0n) is 15.5. The van der Waals surface area contributed by atoms with Crippen LogP contribution in [0.1, 0.15) is 0 Å². The Hall–Kier alpha value is -3.35. The number of nitrogens with zero attached hydrogens (tertiary/aromatic N) is 1. The fourth-order valence-electron chi connectivity index (χ4n) is 2.40. The van der Waals surface area contributed by atoms with Crippen LogP contribution in [0.15, 0.2) is 71.8 Å². The van der Waals surface area contributed by atoms with Gasteiger partial charge in [-0.05, 0) is 60.7 Å². The number of sulfonamides is 1. The van der Waals surface area contributed by atoms with Gasteiger partial charge in [-0.3, -0.25) is 9.27 Å². The number of ether oxygens (including phenoxy) is 1. The van der Waals surface area contributed by atoms with Gasteiger partial charge in [-0.1, -0.05) is 0 Å². The van der Waals surface area contributed by atoms with Crippen molar-refractivity contribution >= 4 is 37.6 Å². The SMILES string of the molecule is COc1ccc(S(=O)(=O)Nc2cccnc2Nc2ccc(OS(=O)(=O)O)cc2)cc1. The molecule has 0 bridgehead atoms. The Morgan fingerprint density at radius 3 is 2.13 bits per heavy atom. The summed E-state index contributed by atoms with van der Waals surface area (Å²) in [5.41, 5.74) is 0.674. The first-order chi connectivity index (χ1) is 14.2. The van der Waals surface area contributed by atoms with Gasteiger partial charge in [0.1, 0.15) is 11.5 Å². The summed E-state index contributed by atoms with van der Waals surface area (Å²) in [6, 6.07) is 14.6. The standard InChI is InChI=1S/C18H17N3O7S2/c1-27-14-8-10-16(11-9-14)29(22,23)21-17-3-2-12-19-18(17)20-13-4-6-15(7-5-13)28-30(24,25)26/h2-12,21H,1H3,(H,19,20)(H,24,25,26). The van der Waals surface area contributed by atoms with Crippen molar-refractivity contribution in [2.24, 2.45) is 0 Å². The predicted molar refractivity (Wildman–Crippen MR) is 110 cm³/mol. The lowest BCUT2D eigenvalue weighted by molar-refractivity contribution is 0.387. The average molecular weight is 451 g/mol. The zero-order valence-corrected chi connectivity index (χ0v) is 17.1. The van der Waals surface area contributed by atoms with Crippen molar-refractivity contribution in [2.45, 2.75) is 4.90 Å². The normalized spacial score (nSPS) is 11.5. The minimum atomic E-state index is -4.62. The summed E-state index contributed by atoms with van der Waals surface area (Å²) in [6.45, 7) is 0. The summed E-state index contributed by atoms with van der Waals surface area (Å²) in [4.78, 5) is 4.18. The Morgan fingerprint density at radius 1 is 0.900 bits per heavy atom. The van der Waals surface area contributed by atoms with Crippen LogP contribution < -0.4 is 19.0 Å². The van der Waals surface area contributed by atoms with E-state index in [4.69, 9.17) is 9.29 Å². The second-order valence-corrected chi connectivity index (χ2v) is 8.55. The molecule has 0 aliphatic carbocycles. The monoisotopic (exact) mass is 451 g/mol. The number of benzene rings is 2. The number of hydrogen-bond donors (Lipinski definition) is 3. The Kier molecular flexibility index (Phi) is 6.10. The molecule has 3 rings (SSSR count). The molecule has 0 radical (unpaired) electrons. The van der Waals surface area contributed by atoms with Crippen LogP contribution in [0, 0.1) is 0 Å². The van der Waals surface area contributed by atoms with E-state index in [2.05, 4.69) is 19.2 Å². The van der Waals surface area contributed by atoms with E-state index in [0.29, 0.717) is 11.4 Å². The summed E-state index contributed by atoms with van der Waals surface area (Å²) < 4.78 is 67.4. The molecule has 0 saturated carbocycles. The maximum Gasteiger partial charge on any atom is 0.446 e. The summed E-state index contributed by atoms with van der Waals surface area (Å²) in [5.74, 6) is 0.654. The summed E-state index contributed by atoms with van der Waals surface area (Å²) >= 11 is 0. The van der Waals surface area contributed by atoms with Gasteiger partial charge in [0.25, 0.3) is 10.0 Å². The van der Waals surface area contributed by atoms with Crippen molar-refractivity contribution in [3.05, 3.63) is 66.9 Å². The first-order valence-electron chi connectivity index (χ1n) is 8.32. The highest BCUT2D eigenvalue weighted by molar-refractivity contribution is 7.92. The largest absolute Gasteiger partial charge is 0.497 e. The first kappa shape index (κ1) is 21.4. The van der Waals surface area contributed by atoms with Crippen molar-refractivity contribution in [2.75, 3.05) is 17.1 Å². The Labute approximate surface area is 173 Å². The van der Waals surface area contributed by atoms with Gasteiger partial charge in [-0.2, -0.15) is 8.42 Å². The van der Waals surface area contributed by atoms with Crippen molar-refractivity contribution in [3.63, 3.8) is 0 Å². The van der Waals surface area contributed by atoms with Crippen molar-refractivity contribution < 1.29 is 30.3 Å². The van der Waals surface area contributed by atoms with E-state index in [1.807, 2.05) is 0 Å². The van der Waals surface area contributed by atoms with Gasteiger partial charge in [0.05, 0.1) is 17.7 Å². The molecule has 0 amide bonds. The van der Waals surface area contributed by atoms with Crippen molar-refractivity contribution in [1.82, 2.24) is 4.98 Å². The fraction of sp³-hybridized carbons (Fsp3) is 0.0556. The predicted octanol–water partition coefficient (Wildman–Crippen LogP) is 2.82. The Balaban J connectivity index is 1.80. The van der Waals surface area contributed by atoms with Crippen molar-refractivity contribution in [1.29, 1.82) is 0 Å². The molecule has 0 unspecified atom stereocenters. The zero-order chi connectivity index (χ0) is 21.8. The number of pyridine rings is 1. The molecule has 1 heterocycles. The number of anilines is 3. The number of aromatic nitrogens is 1. The van der Waals surface area contributed by atoms with E-state index in [-0.39, 0.29) is 22.2 Å². The number of hydrogen-bond acceptors (Lipinski definition) is 8. The molecule has 10 nitrogen and oxygen atoms in total. The summed E-state index contributed by atoms with van der Waals surface area (Å²) in [5, 5.41) is 2.93. The molecule has 3 aromatic rings. The van der Waals surface area contributed by atoms with Gasteiger partial charge in [0.15, 0.2) is 5.82 Å². The highest BCUT2D eigenvalue weighted by Crippen LogP contribution is 2.27. The first-order valence-corrected chi connectivity index (χ1v) is 11.2. The van der Waals surface area contributed by atoms with E-state index in [1.165, 1.54) is 67.9 Å². The van der Waals surface area contributed by atoms with Gasteiger partial charge in [-0.25, -0.2) is 13.4 Å². The van der Waals surface area contributed by atoms with Crippen LogP contribution in [0.5, 0.6) is 11.5 Å². The van der Waals surface area contributed by atoms with Gasteiger partial charge < -0.3 is 14.2 Å². The molecule has 0 aliphatic heterocycles. The van der Waals surface area contributed by atoms with Gasteiger partial charge in [0.2, 0.25) is 0 Å². The molecule has 1 aromatic heterocycles. The Bertz CT molecular complexity index is 1230. The molecule has 0 atom stereocenters. The van der Waals surface area contributed by atoms with E-state index in [1.54, 1.807) is 6.07 Å². The molecule has 0 saturated heterocycles. The van der Waals surface area contributed by atoms with E-state index < -0.39 is 20.4 Å². The van der Waals surface area contributed by atoms with E-state index in [0.717, 1.165) is 0 Å². The van der Waals surface area contributed by atoms with Crippen LogP contribution in [-0.2, 0) is 20.4 Å². The van der Waals surface area contributed by atoms with Gasteiger partial charge >= 0.3 is 10.4 Å². The maximum atomic E-state index is 12.7. The topological polar surface area (TPSA) is 144 Å². The van der Waals surface area contributed by atoms with E-state index in [9.17, 15) is 16.8 Å². The fourth-order valence-corrected chi connectivity index (χ4v) is 3.82. The minimum absolute atomic E-state index is 0.0461. The van der Waals surface area contributed by atoms with Gasteiger partial charge in [0, 0.05) is 11.9 Å². The summed E-state index contributed by atoms with van der Waals surface area (Å²) in [7, 11) is -7.02. The lowest BCUT2D eigenvalue weighted by Crippen LogP contribution is -2.14. The quantitative estimate of drug-likeness (QED) is 0.440. The highest BCUT2D eigenvalue weighted by Gasteiger charge is 2.17. The molecule has 158 valence electrons. The molecule has 30 heavy (non-hydrogen) atoms. The molecule has 0 spiro atoms. The molecule has 0 aliphatic rings. The minimum Gasteiger partial charge on any atom is -0.497 e. The Morgan fingerprint density at radius 2 is 1.53 bits per heavy atom.